The van der Waals surface area contributed by atoms with Crippen molar-refractivity contribution in [2.24, 2.45) is 0 Å². The van der Waals surface area contributed by atoms with E-state index in [-0.39, 0.29) is 5.41 Å². The molecule has 0 saturated heterocycles. The van der Waals surface area contributed by atoms with Crippen molar-refractivity contribution >= 4 is 11.0 Å². The lowest BCUT2D eigenvalue weighted by Gasteiger charge is -2.18. The molecule has 2 aromatic rings. The van der Waals surface area contributed by atoms with Crippen LogP contribution in [0.5, 0.6) is 0 Å². The van der Waals surface area contributed by atoms with Gasteiger partial charge in [-0.25, -0.2) is 4.98 Å². The lowest BCUT2D eigenvalue weighted by Crippen LogP contribution is -2.14. The van der Waals surface area contributed by atoms with Gasteiger partial charge in [-0.3, -0.25) is 4.98 Å². The fraction of sp³-hybridized carbons (Fsp3) is 0.500. The van der Waals surface area contributed by atoms with E-state index in [0.717, 1.165) is 16.7 Å². The van der Waals surface area contributed by atoms with Crippen LogP contribution in [-0.4, -0.2) is 9.97 Å². The molecule has 1 aromatic carbocycles. The number of nitrogens with zero attached hydrogens (tertiary/aromatic N) is 2. The predicted molar refractivity (Wildman–Crippen MR) is 77.1 cm³/mol. The molecule has 0 saturated carbocycles. The number of rotatable bonds is 1. The van der Waals surface area contributed by atoms with Gasteiger partial charge < -0.3 is 0 Å². The summed E-state index contributed by atoms with van der Waals surface area (Å²) in [5.41, 5.74) is 5.69. The van der Waals surface area contributed by atoms with E-state index in [1.807, 2.05) is 6.20 Å². The van der Waals surface area contributed by atoms with Crippen LogP contribution in [0.15, 0.2) is 18.3 Å². The molecule has 1 heterocycles. The number of hydrogen-bond donors (Lipinski definition) is 0. The Labute approximate surface area is 109 Å². The van der Waals surface area contributed by atoms with Gasteiger partial charge in [0.1, 0.15) is 0 Å². The van der Waals surface area contributed by atoms with E-state index in [1.165, 1.54) is 11.1 Å². The van der Waals surface area contributed by atoms with Crippen LogP contribution < -0.4 is 0 Å². The Kier molecular flexibility index (Phi) is 3.14. The van der Waals surface area contributed by atoms with Gasteiger partial charge in [0.2, 0.25) is 0 Å². The maximum absolute atomic E-state index is 4.78. The lowest BCUT2D eigenvalue weighted by atomic mass is 9.92. The largest absolute Gasteiger partial charge is 0.253 e. The molecule has 0 bridgehead atoms. The Bertz CT molecular complexity index is 577. The molecule has 2 nitrogen and oxygen atoms in total. The molecular weight excluding hydrogens is 220 g/mol. The smallest absolute Gasteiger partial charge is 0.0919 e. The minimum Gasteiger partial charge on any atom is -0.253 e. The summed E-state index contributed by atoms with van der Waals surface area (Å²) in [4.78, 5) is 9.37. The molecule has 0 spiro atoms. The summed E-state index contributed by atoms with van der Waals surface area (Å²) in [6.45, 7) is 13.0. The summed E-state index contributed by atoms with van der Waals surface area (Å²) < 4.78 is 0. The Morgan fingerprint density at radius 1 is 1.11 bits per heavy atom. The van der Waals surface area contributed by atoms with Crippen molar-refractivity contribution in [3.05, 3.63) is 35.2 Å². The zero-order valence-electron chi connectivity index (χ0n) is 12.2. The average Bonchev–Trinajstić information content (AvgIpc) is 2.27. The summed E-state index contributed by atoms with van der Waals surface area (Å²) in [5, 5.41) is 0. The Balaban J connectivity index is 2.66. The third-order valence-corrected chi connectivity index (χ3v) is 3.30. The standard InChI is InChI=1S/C16H22N2/c1-10(2)12-7-11(3)15-13(8-12)17-9-14(18-15)16(4,5)6/h7-10H,1-6H3. The van der Waals surface area contributed by atoms with Gasteiger partial charge in [-0.2, -0.15) is 0 Å². The second kappa shape index (κ2) is 4.34. The monoisotopic (exact) mass is 242 g/mol. The van der Waals surface area contributed by atoms with Gasteiger partial charge in [0.15, 0.2) is 0 Å². The molecule has 0 aliphatic heterocycles. The van der Waals surface area contributed by atoms with Gasteiger partial charge in [-0.05, 0) is 30.0 Å². The normalized spacial score (nSPS) is 12.4. The predicted octanol–water partition coefficient (Wildman–Crippen LogP) is 4.36. The summed E-state index contributed by atoms with van der Waals surface area (Å²) in [6, 6.07) is 4.39. The molecule has 2 rings (SSSR count). The average molecular weight is 242 g/mol. The molecule has 2 heteroatoms. The first kappa shape index (κ1) is 13.0. The van der Waals surface area contributed by atoms with Crippen LogP contribution >= 0.6 is 0 Å². The Morgan fingerprint density at radius 2 is 1.78 bits per heavy atom. The molecule has 0 aliphatic rings. The third-order valence-electron chi connectivity index (χ3n) is 3.30. The molecular formula is C16H22N2. The molecule has 0 fully saturated rings. The van der Waals surface area contributed by atoms with E-state index in [4.69, 9.17) is 4.98 Å². The zero-order valence-corrected chi connectivity index (χ0v) is 12.2. The van der Waals surface area contributed by atoms with Crippen LogP contribution in [0.25, 0.3) is 11.0 Å². The summed E-state index contributed by atoms with van der Waals surface area (Å²) in [6.07, 6.45) is 1.91. The van der Waals surface area contributed by atoms with Crippen LogP contribution in [-0.2, 0) is 5.41 Å². The number of fused-ring (bicyclic) bond motifs is 1. The van der Waals surface area contributed by atoms with Crippen LogP contribution in [0.1, 0.15) is 57.4 Å². The molecule has 0 atom stereocenters. The minimum absolute atomic E-state index is 0.0460. The Hall–Kier alpha value is -1.44. The van der Waals surface area contributed by atoms with Crippen LogP contribution in [0, 0.1) is 6.92 Å². The highest BCUT2D eigenvalue weighted by Crippen LogP contribution is 2.25. The second-order valence-corrected chi connectivity index (χ2v) is 6.37. The van der Waals surface area contributed by atoms with Crippen molar-refractivity contribution in [1.82, 2.24) is 9.97 Å². The van der Waals surface area contributed by atoms with Gasteiger partial charge in [-0.15, -0.1) is 0 Å². The molecule has 18 heavy (non-hydrogen) atoms. The first-order chi connectivity index (χ1) is 8.29. The van der Waals surface area contributed by atoms with Gasteiger partial charge in [-0.1, -0.05) is 40.7 Å². The second-order valence-electron chi connectivity index (χ2n) is 6.37. The fourth-order valence-electron chi connectivity index (χ4n) is 2.01. The van der Waals surface area contributed by atoms with E-state index in [1.54, 1.807) is 0 Å². The highest BCUT2D eigenvalue weighted by molar-refractivity contribution is 5.78. The summed E-state index contributed by atoms with van der Waals surface area (Å²) in [5.74, 6) is 0.525. The molecule has 0 amide bonds. The van der Waals surface area contributed by atoms with Crippen LogP contribution in [0.4, 0.5) is 0 Å². The van der Waals surface area contributed by atoms with E-state index >= 15 is 0 Å². The lowest BCUT2D eigenvalue weighted by molar-refractivity contribution is 0.568. The van der Waals surface area contributed by atoms with Crippen molar-refractivity contribution in [3.63, 3.8) is 0 Å². The highest BCUT2D eigenvalue weighted by Gasteiger charge is 2.17. The molecule has 1 aromatic heterocycles. The summed E-state index contributed by atoms with van der Waals surface area (Å²) in [7, 11) is 0. The zero-order chi connectivity index (χ0) is 13.5. The molecule has 0 radical (unpaired) electrons. The maximum atomic E-state index is 4.78. The van der Waals surface area contributed by atoms with Gasteiger partial charge >= 0.3 is 0 Å². The quantitative estimate of drug-likeness (QED) is 0.742. The van der Waals surface area contributed by atoms with Crippen molar-refractivity contribution in [2.75, 3.05) is 0 Å². The van der Waals surface area contributed by atoms with Crippen LogP contribution in [0.2, 0.25) is 0 Å². The first-order valence-corrected chi connectivity index (χ1v) is 6.57. The van der Waals surface area contributed by atoms with E-state index < -0.39 is 0 Å². The van der Waals surface area contributed by atoms with Gasteiger partial charge in [0.05, 0.1) is 16.7 Å². The third kappa shape index (κ3) is 2.38. The van der Waals surface area contributed by atoms with E-state index in [0.29, 0.717) is 5.92 Å². The Morgan fingerprint density at radius 3 is 2.33 bits per heavy atom. The fourth-order valence-corrected chi connectivity index (χ4v) is 2.01. The van der Waals surface area contributed by atoms with Gasteiger partial charge in [0, 0.05) is 11.6 Å². The molecule has 0 unspecified atom stereocenters. The number of benzene rings is 1. The number of hydrogen-bond acceptors (Lipinski definition) is 2. The first-order valence-electron chi connectivity index (χ1n) is 6.57. The van der Waals surface area contributed by atoms with E-state index in [2.05, 4.69) is 58.7 Å². The van der Waals surface area contributed by atoms with E-state index in [9.17, 15) is 0 Å². The SMILES string of the molecule is Cc1cc(C(C)C)cc2ncc(C(C)(C)C)nc12. The molecule has 0 N–H and O–H groups in total. The maximum Gasteiger partial charge on any atom is 0.0919 e. The number of aromatic nitrogens is 2. The summed E-state index contributed by atoms with van der Waals surface area (Å²) >= 11 is 0. The molecule has 0 aliphatic carbocycles. The van der Waals surface area contributed by atoms with Crippen molar-refractivity contribution < 1.29 is 0 Å². The van der Waals surface area contributed by atoms with Crippen LogP contribution in [0.3, 0.4) is 0 Å². The van der Waals surface area contributed by atoms with Crippen molar-refractivity contribution in [3.8, 4) is 0 Å². The number of aryl methyl sites for hydroxylation is 1. The molecule has 96 valence electrons. The van der Waals surface area contributed by atoms with Crippen molar-refractivity contribution in [2.45, 2.75) is 52.9 Å². The highest BCUT2D eigenvalue weighted by atomic mass is 14.8. The van der Waals surface area contributed by atoms with Crippen molar-refractivity contribution in [1.29, 1.82) is 0 Å². The van der Waals surface area contributed by atoms with Gasteiger partial charge in [0.25, 0.3) is 0 Å². The minimum atomic E-state index is 0.0460. The topological polar surface area (TPSA) is 25.8 Å².